The molecule has 29 heavy (non-hydrogen) atoms. The van der Waals surface area contributed by atoms with Crippen molar-refractivity contribution in [3.8, 4) is 5.88 Å². The van der Waals surface area contributed by atoms with E-state index in [0.717, 1.165) is 16.8 Å². The van der Waals surface area contributed by atoms with Crippen LogP contribution < -0.4 is 9.64 Å². The number of methoxy groups -OCH3 is 1. The zero-order valence-corrected chi connectivity index (χ0v) is 17.5. The van der Waals surface area contributed by atoms with Gasteiger partial charge in [-0.2, -0.15) is 0 Å². The molecule has 7 heteroatoms. The van der Waals surface area contributed by atoms with E-state index in [0.29, 0.717) is 24.6 Å². The SMILES string of the molecule is COC[C@H]1COc2nc(C)c(Cc3ccc(F)cc3)cc2N1C(=O)OC(C)(C)C. The number of halogens is 1. The number of hydrogen-bond donors (Lipinski definition) is 0. The van der Waals surface area contributed by atoms with Gasteiger partial charge in [0, 0.05) is 12.8 Å². The molecule has 0 aliphatic carbocycles. The van der Waals surface area contributed by atoms with Gasteiger partial charge in [0.25, 0.3) is 0 Å². The Bertz CT molecular complexity index is 878. The zero-order chi connectivity index (χ0) is 21.2. The lowest BCUT2D eigenvalue weighted by Gasteiger charge is -2.37. The summed E-state index contributed by atoms with van der Waals surface area (Å²) >= 11 is 0. The first-order chi connectivity index (χ1) is 13.7. The van der Waals surface area contributed by atoms with Crippen LogP contribution in [-0.2, 0) is 15.9 Å². The molecule has 1 aliphatic heterocycles. The molecule has 1 atom stereocenters. The van der Waals surface area contributed by atoms with Gasteiger partial charge in [-0.15, -0.1) is 0 Å². The Morgan fingerprint density at radius 1 is 1.31 bits per heavy atom. The molecule has 2 aromatic rings. The van der Waals surface area contributed by atoms with Crippen LogP contribution in [-0.4, -0.2) is 43.0 Å². The second-order valence-corrected chi connectivity index (χ2v) is 8.13. The number of pyridine rings is 1. The summed E-state index contributed by atoms with van der Waals surface area (Å²) in [5, 5.41) is 0. The van der Waals surface area contributed by atoms with Crippen molar-refractivity contribution in [2.24, 2.45) is 0 Å². The van der Waals surface area contributed by atoms with Crippen LogP contribution in [0, 0.1) is 12.7 Å². The molecular formula is C22H27FN2O4. The van der Waals surface area contributed by atoms with E-state index in [1.165, 1.54) is 12.1 Å². The minimum Gasteiger partial charge on any atom is -0.474 e. The van der Waals surface area contributed by atoms with Crippen LogP contribution in [0.2, 0.25) is 0 Å². The van der Waals surface area contributed by atoms with Gasteiger partial charge in [0.05, 0.1) is 12.6 Å². The first kappa shape index (κ1) is 21.0. The van der Waals surface area contributed by atoms with E-state index in [4.69, 9.17) is 14.2 Å². The van der Waals surface area contributed by atoms with Crippen molar-refractivity contribution in [1.82, 2.24) is 4.98 Å². The van der Waals surface area contributed by atoms with Crippen LogP contribution in [0.1, 0.15) is 37.6 Å². The third kappa shape index (κ3) is 5.03. The molecule has 0 bridgehead atoms. The van der Waals surface area contributed by atoms with E-state index in [-0.39, 0.29) is 18.5 Å². The van der Waals surface area contributed by atoms with Crippen molar-refractivity contribution in [3.05, 3.63) is 53.0 Å². The van der Waals surface area contributed by atoms with Gasteiger partial charge < -0.3 is 14.2 Å². The highest BCUT2D eigenvalue weighted by molar-refractivity contribution is 5.91. The minimum atomic E-state index is -0.637. The molecule has 0 N–H and O–H groups in total. The quantitative estimate of drug-likeness (QED) is 0.764. The van der Waals surface area contributed by atoms with Crippen molar-refractivity contribution in [2.75, 3.05) is 25.2 Å². The highest BCUT2D eigenvalue weighted by Crippen LogP contribution is 2.36. The van der Waals surface area contributed by atoms with Crippen LogP contribution in [0.3, 0.4) is 0 Å². The number of rotatable bonds is 4. The summed E-state index contributed by atoms with van der Waals surface area (Å²) < 4.78 is 29.9. The monoisotopic (exact) mass is 402 g/mol. The lowest BCUT2D eigenvalue weighted by molar-refractivity contribution is 0.0500. The molecule has 0 saturated heterocycles. The zero-order valence-electron chi connectivity index (χ0n) is 17.5. The highest BCUT2D eigenvalue weighted by atomic mass is 19.1. The number of fused-ring (bicyclic) bond motifs is 1. The molecule has 0 saturated carbocycles. The van der Waals surface area contributed by atoms with E-state index in [2.05, 4.69) is 4.98 Å². The lowest BCUT2D eigenvalue weighted by Crippen LogP contribution is -2.51. The second kappa shape index (κ2) is 8.37. The van der Waals surface area contributed by atoms with Crippen molar-refractivity contribution < 1.29 is 23.4 Å². The number of nitrogens with zero attached hydrogens (tertiary/aromatic N) is 2. The molecule has 0 radical (unpaired) electrons. The standard InChI is InChI=1S/C22H27FN2O4/c1-14-16(10-15-6-8-17(23)9-7-15)11-19-20(24-14)28-13-18(12-27-5)25(19)21(26)29-22(2,3)4/h6-9,11,18H,10,12-13H2,1-5H3/t18-/m0/s1. The number of aromatic nitrogens is 1. The summed E-state index contributed by atoms with van der Waals surface area (Å²) in [5.41, 5.74) is 2.58. The molecule has 1 aromatic heterocycles. The van der Waals surface area contributed by atoms with E-state index in [1.54, 1.807) is 24.1 Å². The number of ether oxygens (including phenoxy) is 3. The Balaban J connectivity index is 1.98. The summed E-state index contributed by atoms with van der Waals surface area (Å²) in [4.78, 5) is 19.1. The smallest absolute Gasteiger partial charge is 0.415 e. The lowest BCUT2D eigenvalue weighted by atomic mass is 10.0. The Morgan fingerprint density at radius 3 is 2.62 bits per heavy atom. The van der Waals surface area contributed by atoms with Crippen LogP contribution in [0.5, 0.6) is 5.88 Å². The van der Waals surface area contributed by atoms with Crippen LogP contribution in [0.15, 0.2) is 30.3 Å². The van der Waals surface area contributed by atoms with Gasteiger partial charge in [-0.3, -0.25) is 4.90 Å². The molecule has 1 amide bonds. The van der Waals surface area contributed by atoms with Gasteiger partial charge in [-0.1, -0.05) is 12.1 Å². The predicted octanol–water partition coefficient (Wildman–Crippen LogP) is 4.27. The molecular weight excluding hydrogens is 375 g/mol. The number of carbonyl (C=O) groups is 1. The maximum atomic E-state index is 13.2. The maximum Gasteiger partial charge on any atom is 0.415 e. The largest absolute Gasteiger partial charge is 0.474 e. The average molecular weight is 402 g/mol. The molecule has 0 spiro atoms. The minimum absolute atomic E-state index is 0.268. The van der Waals surface area contributed by atoms with Crippen molar-refractivity contribution >= 4 is 11.8 Å². The van der Waals surface area contributed by atoms with Gasteiger partial charge >= 0.3 is 6.09 Å². The number of benzene rings is 1. The first-order valence-electron chi connectivity index (χ1n) is 9.57. The summed E-state index contributed by atoms with van der Waals surface area (Å²) in [6, 6.07) is 7.91. The predicted molar refractivity (Wildman–Crippen MR) is 108 cm³/mol. The normalized spacial score (nSPS) is 16.2. The summed E-state index contributed by atoms with van der Waals surface area (Å²) in [6.07, 6.45) is 0.0891. The first-order valence-corrected chi connectivity index (χ1v) is 9.57. The van der Waals surface area contributed by atoms with Gasteiger partial charge in [-0.25, -0.2) is 14.2 Å². The maximum absolute atomic E-state index is 13.2. The summed E-state index contributed by atoms with van der Waals surface area (Å²) in [6.45, 7) is 7.94. The molecule has 0 fully saturated rings. The Hall–Kier alpha value is -2.67. The van der Waals surface area contributed by atoms with Gasteiger partial charge in [-0.05, 0) is 63.4 Å². The molecule has 2 heterocycles. The fraction of sp³-hybridized carbons (Fsp3) is 0.455. The molecule has 0 unspecified atom stereocenters. The second-order valence-electron chi connectivity index (χ2n) is 8.13. The number of aryl methyl sites for hydroxylation is 1. The van der Waals surface area contributed by atoms with Crippen LogP contribution in [0.4, 0.5) is 14.9 Å². The molecule has 3 rings (SSSR count). The summed E-state index contributed by atoms with van der Waals surface area (Å²) in [7, 11) is 1.58. The van der Waals surface area contributed by atoms with Crippen LogP contribution >= 0.6 is 0 Å². The third-order valence-corrected chi connectivity index (χ3v) is 4.56. The Kier molecular flexibility index (Phi) is 6.07. The topological polar surface area (TPSA) is 60.9 Å². The van der Waals surface area contributed by atoms with Gasteiger partial charge in [0.2, 0.25) is 5.88 Å². The van der Waals surface area contributed by atoms with Crippen molar-refractivity contribution in [1.29, 1.82) is 0 Å². The van der Waals surface area contributed by atoms with Gasteiger partial charge in [0.1, 0.15) is 23.7 Å². The fourth-order valence-electron chi connectivity index (χ4n) is 3.21. The number of hydrogen-bond acceptors (Lipinski definition) is 5. The van der Waals surface area contributed by atoms with Crippen LogP contribution in [0.25, 0.3) is 0 Å². The van der Waals surface area contributed by atoms with E-state index < -0.39 is 11.7 Å². The fourth-order valence-corrected chi connectivity index (χ4v) is 3.21. The third-order valence-electron chi connectivity index (χ3n) is 4.56. The van der Waals surface area contributed by atoms with E-state index in [9.17, 15) is 9.18 Å². The van der Waals surface area contributed by atoms with Crippen molar-refractivity contribution in [3.63, 3.8) is 0 Å². The Labute approximate surface area is 170 Å². The Morgan fingerprint density at radius 2 is 2.00 bits per heavy atom. The molecule has 6 nitrogen and oxygen atoms in total. The van der Waals surface area contributed by atoms with Crippen molar-refractivity contribution in [2.45, 2.75) is 45.8 Å². The van der Waals surface area contributed by atoms with E-state index >= 15 is 0 Å². The average Bonchev–Trinajstić information content (AvgIpc) is 2.63. The van der Waals surface area contributed by atoms with E-state index in [1.807, 2.05) is 33.8 Å². The number of anilines is 1. The number of amides is 1. The molecule has 156 valence electrons. The molecule has 1 aromatic carbocycles. The molecule has 1 aliphatic rings. The number of carbonyl (C=O) groups excluding carboxylic acids is 1. The summed E-state index contributed by atoms with van der Waals surface area (Å²) in [5.74, 6) is 0.115. The van der Waals surface area contributed by atoms with Gasteiger partial charge in [0.15, 0.2) is 0 Å². The highest BCUT2D eigenvalue weighted by Gasteiger charge is 2.36.